The first kappa shape index (κ1) is 71.9. The summed E-state index contributed by atoms with van der Waals surface area (Å²) in [5, 5.41) is 0. The van der Waals surface area contributed by atoms with Gasteiger partial charge in [0.05, 0.1) is 33.6 Å². The van der Waals surface area contributed by atoms with Crippen molar-refractivity contribution in [1.82, 2.24) is 0 Å². The molecular formula is C104H92B3N2O3. The number of benzene rings is 14. The molecular weight excluding hydrogens is 1360 g/mol. The largest absolute Gasteiger partial charge is 0.458 e. The van der Waals surface area contributed by atoms with E-state index in [1.54, 1.807) is 0 Å². The van der Waals surface area contributed by atoms with Crippen LogP contribution in [0.2, 0.25) is 0 Å². The third-order valence-corrected chi connectivity index (χ3v) is 24.9. The molecule has 0 fully saturated rings. The zero-order chi connectivity index (χ0) is 75.9. The van der Waals surface area contributed by atoms with Crippen LogP contribution >= 0.6 is 0 Å². The van der Waals surface area contributed by atoms with Gasteiger partial charge in [0.25, 0.3) is 13.4 Å². The molecule has 0 bridgehead atoms. The molecule has 14 aromatic rings. The second kappa shape index (κ2) is 27.9. The van der Waals surface area contributed by atoms with Crippen LogP contribution in [0.5, 0.6) is 34.5 Å². The molecule has 5 nitrogen and oxygen atoms in total. The van der Waals surface area contributed by atoms with Crippen molar-refractivity contribution in [3.63, 3.8) is 0 Å². The summed E-state index contributed by atoms with van der Waals surface area (Å²) in [6, 6.07) is 112. The van der Waals surface area contributed by atoms with Crippen molar-refractivity contribution in [1.29, 1.82) is 0 Å². The van der Waals surface area contributed by atoms with E-state index in [0.717, 1.165) is 68.4 Å². The zero-order valence-electron chi connectivity index (χ0n) is 66.2. The Labute approximate surface area is 664 Å². The minimum atomic E-state index is -0.577. The fourth-order valence-electron chi connectivity index (χ4n) is 19.9. The van der Waals surface area contributed by atoms with Crippen LogP contribution in [-0.4, -0.2) is 21.8 Å². The van der Waals surface area contributed by atoms with Crippen molar-refractivity contribution >= 4 is 88.7 Å². The van der Waals surface area contributed by atoms with Crippen molar-refractivity contribution in [3.05, 3.63) is 381 Å². The summed E-state index contributed by atoms with van der Waals surface area (Å²) < 4.78 is 20.5. The van der Waals surface area contributed by atoms with E-state index in [1.807, 2.05) is 0 Å². The van der Waals surface area contributed by atoms with E-state index >= 15 is 0 Å². The van der Waals surface area contributed by atoms with Crippen molar-refractivity contribution < 1.29 is 14.2 Å². The van der Waals surface area contributed by atoms with Crippen LogP contribution < -0.4 is 56.8 Å². The highest BCUT2D eigenvalue weighted by molar-refractivity contribution is 6.98. The lowest BCUT2D eigenvalue weighted by Crippen LogP contribution is -2.57. The lowest BCUT2D eigenvalue weighted by atomic mass is 9.34. The van der Waals surface area contributed by atoms with Crippen LogP contribution in [0.3, 0.4) is 0 Å². The first-order valence-electron chi connectivity index (χ1n) is 40.3. The number of para-hydroxylation sites is 8. The van der Waals surface area contributed by atoms with Gasteiger partial charge in [-0.3, -0.25) is 0 Å². The summed E-state index contributed by atoms with van der Waals surface area (Å²) in [6.45, 7) is 28.1. The van der Waals surface area contributed by atoms with Crippen LogP contribution in [0.1, 0.15) is 196 Å². The highest BCUT2D eigenvalue weighted by Gasteiger charge is 2.54. The summed E-state index contributed by atoms with van der Waals surface area (Å²) in [7, 11) is 0. The standard InChI is InChI=1S/C52H46BNO2.C52H46BNO.B/c1-32(2)35-29-37(33(3)4)51(38(30-35)34(5)6)53-43-21-11-16-26-49(43)56-50-31-36(27-28-44(50)53)54-45-22-12-7-17-39(45)52(40-18-8-13-23-46(40)54)41-19-9-14-24-47(41)55-48-25-15-10-20-42(48)52;1-32(2)35-29-39(33(3)4)51(40(30-35)34(5)6)53-45-23-13-16-26-49(45)55-50-31-36(27-28-46(50)53)54-47-24-14-11-21-43(47)52(44-22-12-15-25-48(44)54)41-19-9-7-17-37(41)38-18-8-10-20-42(38)52;/h7-34H,1-6H3;7-34H,1-6H3;. The lowest BCUT2D eigenvalue weighted by Gasteiger charge is -2.48. The van der Waals surface area contributed by atoms with Crippen LogP contribution in [-0.2, 0) is 10.8 Å². The third kappa shape index (κ3) is 10.9. The molecule has 5 aliphatic heterocycles. The van der Waals surface area contributed by atoms with Gasteiger partial charge in [-0.2, -0.15) is 0 Å². The highest BCUT2D eigenvalue weighted by atomic mass is 16.5. The van der Waals surface area contributed by atoms with Gasteiger partial charge in [-0.1, -0.05) is 325 Å². The average molecular weight is 1450 g/mol. The smallest absolute Gasteiger partial charge is 0.251 e. The number of rotatable bonds is 10. The molecule has 3 radical (unpaired) electrons. The molecule has 0 atom stereocenters. The van der Waals surface area contributed by atoms with Gasteiger partial charge in [0.2, 0.25) is 0 Å². The Morgan fingerprint density at radius 3 is 0.830 bits per heavy atom. The van der Waals surface area contributed by atoms with Crippen molar-refractivity contribution in [2.45, 2.75) is 129 Å². The SMILES string of the molecule is CC(C)c1cc(C(C)C)c(B2c3ccccc3Oc3cc(N4c5ccccc5C5(c6ccccc6-c6ccccc65)c5ccccc54)ccc32)c(C(C)C)c1.CC(C)c1cc(C(C)C)c(B2c3ccccc3Oc3cc(N4c5ccccc5C5(c6ccccc6Oc6ccccc65)c5ccccc54)ccc32)c(C(C)C)c1.[B]. The van der Waals surface area contributed by atoms with E-state index in [-0.39, 0.29) is 21.8 Å². The normalized spacial score (nSPS) is 14.2. The maximum absolute atomic E-state index is 6.96. The molecule has 0 saturated heterocycles. The maximum atomic E-state index is 6.96. The van der Waals surface area contributed by atoms with Gasteiger partial charge in [0, 0.05) is 43.0 Å². The predicted octanol–water partition coefficient (Wildman–Crippen LogP) is 23.4. The minimum absolute atomic E-state index is 0. The van der Waals surface area contributed by atoms with E-state index < -0.39 is 10.8 Å². The Hall–Kier alpha value is -11.7. The van der Waals surface area contributed by atoms with E-state index in [1.165, 1.54) is 122 Å². The zero-order valence-corrected chi connectivity index (χ0v) is 66.2. The van der Waals surface area contributed by atoms with E-state index in [2.05, 4.69) is 396 Å². The molecule has 112 heavy (non-hydrogen) atoms. The van der Waals surface area contributed by atoms with Gasteiger partial charge < -0.3 is 24.0 Å². The molecule has 5 heterocycles. The van der Waals surface area contributed by atoms with Crippen molar-refractivity contribution in [2.24, 2.45) is 0 Å². The topological polar surface area (TPSA) is 34.2 Å². The molecule has 2 spiro atoms. The van der Waals surface area contributed by atoms with Crippen LogP contribution in [0.25, 0.3) is 11.1 Å². The molecule has 0 N–H and O–H groups in total. The number of fused-ring (bicyclic) bond motifs is 21. The van der Waals surface area contributed by atoms with Gasteiger partial charge in [0.1, 0.15) is 34.5 Å². The molecule has 8 heteroatoms. The van der Waals surface area contributed by atoms with Crippen molar-refractivity contribution in [2.75, 3.05) is 9.80 Å². The summed E-state index contributed by atoms with van der Waals surface area (Å²) in [4.78, 5) is 4.90. The first-order chi connectivity index (χ1) is 54.1. The Morgan fingerprint density at radius 1 is 0.241 bits per heavy atom. The number of anilines is 6. The number of ether oxygens (including phenoxy) is 3. The first-order valence-corrected chi connectivity index (χ1v) is 40.3. The van der Waals surface area contributed by atoms with Gasteiger partial charge in [-0.05, 0) is 196 Å². The summed E-state index contributed by atoms with van der Waals surface area (Å²) in [5.74, 6) is 7.87. The van der Waals surface area contributed by atoms with Gasteiger partial charge in [-0.15, -0.1) is 0 Å². The Morgan fingerprint density at radius 2 is 0.500 bits per heavy atom. The molecule has 20 rings (SSSR count). The van der Waals surface area contributed by atoms with E-state index in [9.17, 15) is 0 Å². The van der Waals surface area contributed by atoms with E-state index in [0.29, 0.717) is 35.5 Å². The fourth-order valence-corrected chi connectivity index (χ4v) is 19.9. The molecule has 0 unspecified atom stereocenters. The molecule has 0 aromatic heterocycles. The number of hydrogen-bond acceptors (Lipinski definition) is 5. The average Bonchev–Trinajstić information content (AvgIpc) is 1.15. The lowest BCUT2D eigenvalue weighted by molar-refractivity contribution is 0.434. The van der Waals surface area contributed by atoms with Gasteiger partial charge in [-0.25, -0.2) is 0 Å². The fraction of sp³-hybridized carbons (Fsp3) is 0.192. The minimum Gasteiger partial charge on any atom is -0.458 e. The van der Waals surface area contributed by atoms with E-state index in [4.69, 9.17) is 14.2 Å². The number of nitrogens with zero attached hydrogens (tertiary/aromatic N) is 2. The molecule has 545 valence electrons. The second-order valence-electron chi connectivity index (χ2n) is 33.2. The Kier molecular flexibility index (Phi) is 17.9. The highest BCUT2D eigenvalue weighted by Crippen LogP contribution is 2.65. The van der Waals surface area contributed by atoms with Crippen molar-refractivity contribution in [3.8, 4) is 45.6 Å². The number of hydrogen-bond donors (Lipinski definition) is 0. The van der Waals surface area contributed by atoms with Crippen LogP contribution in [0.4, 0.5) is 34.1 Å². The predicted molar refractivity (Wildman–Crippen MR) is 471 cm³/mol. The molecule has 1 aliphatic carbocycles. The van der Waals surface area contributed by atoms with Gasteiger partial charge >= 0.3 is 0 Å². The molecule has 0 saturated carbocycles. The third-order valence-electron chi connectivity index (χ3n) is 24.9. The summed E-state index contributed by atoms with van der Waals surface area (Å²) >= 11 is 0. The van der Waals surface area contributed by atoms with Crippen LogP contribution in [0, 0.1) is 0 Å². The Balaban J connectivity index is 0.000000155. The molecule has 6 aliphatic rings. The molecule has 0 amide bonds. The van der Waals surface area contributed by atoms with Crippen LogP contribution in [0.15, 0.2) is 303 Å². The summed E-state index contributed by atoms with van der Waals surface area (Å²) in [5.41, 5.74) is 34.7. The molecule has 14 aromatic carbocycles. The summed E-state index contributed by atoms with van der Waals surface area (Å²) in [6.07, 6.45) is 0. The van der Waals surface area contributed by atoms with Gasteiger partial charge in [0.15, 0.2) is 0 Å². The quantitative estimate of drug-likeness (QED) is 0.128. The Bertz CT molecular complexity index is 5820. The second-order valence-corrected chi connectivity index (χ2v) is 33.2. The maximum Gasteiger partial charge on any atom is 0.251 e. The monoisotopic (exact) mass is 1450 g/mol.